The van der Waals surface area contributed by atoms with Crippen LogP contribution >= 0.6 is 11.6 Å². The summed E-state index contributed by atoms with van der Waals surface area (Å²) in [5.41, 5.74) is 5.87. The maximum atomic E-state index is 10.6. The minimum atomic E-state index is -0.777. The third-order valence-electron chi connectivity index (χ3n) is 2.22. The number of primary amides is 1. The molecule has 2 N–H and O–H groups in total. The highest BCUT2D eigenvalue weighted by Crippen LogP contribution is 2.27. The maximum Gasteiger partial charge on any atom is 0.404 e. The highest BCUT2D eigenvalue weighted by atomic mass is 35.5. The molecule has 0 radical (unpaired) electrons. The summed E-state index contributed by atoms with van der Waals surface area (Å²) in [7, 11) is 0. The van der Waals surface area contributed by atoms with Gasteiger partial charge >= 0.3 is 6.09 Å². The molecule has 16 heavy (non-hydrogen) atoms. The normalized spacial score (nSPS) is 11.8. The van der Waals surface area contributed by atoms with E-state index in [0.717, 1.165) is 5.56 Å². The first kappa shape index (κ1) is 12.6. The molecule has 1 aromatic carbocycles. The topological polar surface area (TPSA) is 52.3 Å². The molecule has 1 amide bonds. The van der Waals surface area contributed by atoms with E-state index < -0.39 is 6.09 Å². The average molecular weight is 240 g/mol. The van der Waals surface area contributed by atoms with Crippen LogP contribution in [0.5, 0.6) is 0 Å². The number of amides is 1. The van der Waals surface area contributed by atoms with E-state index in [-0.39, 0.29) is 12.5 Å². The standard InChI is InChI=1S/C12H14ClNO2/c1-2-5-9(8-16-12(14)15)10-6-3-4-7-11(10)13/h2-4,6-7,9H,1,5,8H2,(H2,14,15). The van der Waals surface area contributed by atoms with E-state index in [9.17, 15) is 4.79 Å². The fourth-order valence-corrected chi connectivity index (χ4v) is 1.76. The van der Waals surface area contributed by atoms with Crippen molar-refractivity contribution in [1.29, 1.82) is 0 Å². The van der Waals surface area contributed by atoms with Gasteiger partial charge in [0, 0.05) is 10.9 Å². The first-order valence-electron chi connectivity index (χ1n) is 4.92. The SMILES string of the molecule is C=CCC(COC(N)=O)c1ccccc1Cl. The molecule has 0 aromatic heterocycles. The lowest BCUT2D eigenvalue weighted by Gasteiger charge is -2.16. The zero-order chi connectivity index (χ0) is 12.0. The Morgan fingerprint density at radius 2 is 2.25 bits per heavy atom. The van der Waals surface area contributed by atoms with Crippen molar-refractivity contribution in [3.8, 4) is 0 Å². The predicted molar refractivity (Wildman–Crippen MR) is 64.5 cm³/mol. The van der Waals surface area contributed by atoms with Crippen LogP contribution in [0.4, 0.5) is 4.79 Å². The summed E-state index contributed by atoms with van der Waals surface area (Å²) in [6, 6.07) is 7.45. The fourth-order valence-electron chi connectivity index (χ4n) is 1.47. The molecule has 0 heterocycles. The van der Waals surface area contributed by atoms with Crippen molar-refractivity contribution in [2.75, 3.05) is 6.61 Å². The molecule has 0 saturated carbocycles. The first-order chi connectivity index (χ1) is 7.65. The number of nitrogens with two attached hydrogens (primary N) is 1. The van der Waals surface area contributed by atoms with Gasteiger partial charge in [0.25, 0.3) is 0 Å². The molecule has 0 spiro atoms. The number of hydrogen-bond donors (Lipinski definition) is 1. The summed E-state index contributed by atoms with van der Waals surface area (Å²) < 4.78 is 4.80. The van der Waals surface area contributed by atoms with Crippen molar-refractivity contribution in [2.24, 2.45) is 5.73 Å². The smallest absolute Gasteiger partial charge is 0.404 e. The van der Waals surface area contributed by atoms with Gasteiger partial charge in [-0.3, -0.25) is 0 Å². The zero-order valence-corrected chi connectivity index (χ0v) is 9.61. The van der Waals surface area contributed by atoms with E-state index in [1.54, 1.807) is 12.1 Å². The van der Waals surface area contributed by atoms with Gasteiger partial charge in [-0.15, -0.1) is 6.58 Å². The molecule has 0 aliphatic rings. The highest BCUT2D eigenvalue weighted by Gasteiger charge is 2.14. The minimum absolute atomic E-state index is 0.00120. The number of rotatable bonds is 5. The minimum Gasteiger partial charge on any atom is -0.449 e. The molecule has 1 atom stereocenters. The van der Waals surface area contributed by atoms with Crippen molar-refractivity contribution in [2.45, 2.75) is 12.3 Å². The number of carbonyl (C=O) groups excluding carboxylic acids is 1. The summed E-state index contributed by atoms with van der Waals surface area (Å²) >= 11 is 6.06. The molecule has 0 fully saturated rings. The Balaban J connectivity index is 2.80. The molecule has 1 rings (SSSR count). The summed E-state index contributed by atoms with van der Waals surface area (Å²) in [5.74, 6) is -0.00120. The summed E-state index contributed by atoms with van der Waals surface area (Å²) in [6.07, 6.45) is 1.66. The fraction of sp³-hybridized carbons (Fsp3) is 0.250. The third-order valence-corrected chi connectivity index (χ3v) is 2.57. The molecular weight excluding hydrogens is 226 g/mol. The molecular formula is C12H14ClNO2. The van der Waals surface area contributed by atoms with Crippen LogP contribution < -0.4 is 5.73 Å². The largest absolute Gasteiger partial charge is 0.449 e. The highest BCUT2D eigenvalue weighted by molar-refractivity contribution is 6.31. The second-order valence-electron chi connectivity index (χ2n) is 3.37. The number of ether oxygens (including phenoxy) is 1. The second-order valence-corrected chi connectivity index (χ2v) is 3.78. The molecule has 86 valence electrons. The Morgan fingerprint density at radius 1 is 1.56 bits per heavy atom. The quantitative estimate of drug-likeness (QED) is 0.803. The molecule has 0 saturated heterocycles. The van der Waals surface area contributed by atoms with Crippen LogP contribution in [0.15, 0.2) is 36.9 Å². The van der Waals surface area contributed by atoms with E-state index >= 15 is 0 Å². The molecule has 4 heteroatoms. The molecule has 0 aliphatic carbocycles. The summed E-state index contributed by atoms with van der Waals surface area (Å²) in [6.45, 7) is 3.88. The Bertz CT molecular complexity index is 379. The van der Waals surface area contributed by atoms with Crippen LogP contribution in [0.1, 0.15) is 17.9 Å². The number of halogens is 1. The van der Waals surface area contributed by atoms with E-state index in [1.165, 1.54) is 0 Å². The van der Waals surface area contributed by atoms with Gasteiger partial charge in [0.05, 0.1) is 0 Å². The van der Waals surface area contributed by atoms with Crippen molar-refractivity contribution in [3.05, 3.63) is 47.5 Å². The van der Waals surface area contributed by atoms with E-state index in [0.29, 0.717) is 11.4 Å². The summed E-state index contributed by atoms with van der Waals surface area (Å²) in [5, 5.41) is 0.655. The van der Waals surface area contributed by atoms with Gasteiger partial charge in [-0.25, -0.2) is 4.79 Å². The Labute approximate surface area is 99.8 Å². The lowest BCUT2D eigenvalue weighted by molar-refractivity contribution is 0.149. The average Bonchev–Trinajstić information content (AvgIpc) is 2.25. The van der Waals surface area contributed by atoms with Crippen LogP contribution in [0, 0.1) is 0 Å². The molecule has 0 bridgehead atoms. The van der Waals surface area contributed by atoms with E-state index in [4.69, 9.17) is 22.1 Å². The van der Waals surface area contributed by atoms with E-state index in [2.05, 4.69) is 6.58 Å². The third kappa shape index (κ3) is 3.59. The molecule has 3 nitrogen and oxygen atoms in total. The van der Waals surface area contributed by atoms with Crippen LogP contribution in [0.2, 0.25) is 5.02 Å². The molecule has 1 unspecified atom stereocenters. The molecule has 0 aliphatic heterocycles. The maximum absolute atomic E-state index is 10.6. The predicted octanol–water partition coefficient (Wildman–Crippen LogP) is 3.10. The number of carbonyl (C=O) groups is 1. The van der Waals surface area contributed by atoms with Gasteiger partial charge in [0.2, 0.25) is 0 Å². The first-order valence-corrected chi connectivity index (χ1v) is 5.30. The molecule has 1 aromatic rings. The van der Waals surface area contributed by atoms with Crippen LogP contribution in [0.3, 0.4) is 0 Å². The van der Waals surface area contributed by atoms with E-state index in [1.807, 2.05) is 18.2 Å². The van der Waals surface area contributed by atoms with Crippen molar-refractivity contribution in [3.63, 3.8) is 0 Å². The van der Waals surface area contributed by atoms with Gasteiger partial charge in [0.15, 0.2) is 0 Å². The van der Waals surface area contributed by atoms with Gasteiger partial charge < -0.3 is 10.5 Å². The van der Waals surface area contributed by atoms with Crippen molar-refractivity contribution < 1.29 is 9.53 Å². The number of benzene rings is 1. The van der Waals surface area contributed by atoms with Crippen LogP contribution in [-0.4, -0.2) is 12.7 Å². The van der Waals surface area contributed by atoms with Crippen LogP contribution in [-0.2, 0) is 4.74 Å². The van der Waals surface area contributed by atoms with Crippen LogP contribution in [0.25, 0.3) is 0 Å². The number of allylic oxidation sites excluding steroid dienone is 1. The van der Waals surface area contributed by atoms with Gasteiger partial charge in [-0.05, 0) is 18.1 Å². The monoisotopic (exact) mass is 239 g/mol. The Morgan fingerprint density at radius 3 is 2.81 bits per heavy atom. The second kappa shape index (κ2) is 6.18. The lowest BCUT2D eigenvalue weighted by Crippen LogP contribution is -2.18. The van der Waals surface area contributed by atoms with Crippen molar-refractivity contribution >= 4 is 17.7 Å². The Kier molecular flexibility index (Phi) is 4.86. The van der Waals surface area contributed by atoms with Crippen molar-refractivity contribution in [1.82, 2.24) is 0 Å². The number of hydrogen-bond acceptors (Lipinski definition) is 2. The Hall–Kier alpha value is -1.48. The van der Waals surface area contributed by atoms with Gasteiger partial charge in [0.1, 0.15) is 6.61 Å². The lowest BCUT2D eigenvalue weighted by atomic mass is 9.96. The zero-order valence-electron chi connectivity index (χ0n) is 8.86. The summed E-state index contributed by atoms with van der Waals surface area (Å²) in [4.78, 5) is 10.6. The van der Waals surface area contributed by atoms with Gasteiger partial charge in [-0.1, -0.05) is 35.9 Å². The van der Waals surface area contributed by atoms with Gasteiger partial charge in [-0.2, -0.15) is 0 Å².